The highest BCUT2D eigenvalue weighted by atomic mass is 35.5. The second-order valence-electron chi connectivity index (χ2n) is 5.79. The van der Waals surface area contributed by atoms with Gasteiger partial charge < -0.3 is 14.4 Å². The Balaban J connectivity index is 1.67. The molecule has 0 unspecified atom stereocenters. The molecule has 1 aromatic carbocycles. The number of carbonyl (C=O) groups excluding carboxylic acids is 2. The fraction of sp³-hybridized carbons (Fsp3) is 0.294. The molecule has 0 N–H and O–H groups in total. The zero-order valence-electron chi connectivity index (χ0n) is 13.2. The molecule has 24 heavy (non-hydrogen) atoms. The first-order valence-corrected chi connectivity index (χ1v) is 7.96. The van der Waals surface area contributed by atoms with Crippen LogP contribution < -0.4 is 0 Å². The van der Waals surface area contributed by atoms with Crippen molar-refractivity contribution >= 4 is 23.4 Å². The normalized spacial score (nSPS) is 15.0. The first-order valence-electron chi connectivity index (χ1n) is 7.58. The molecule has 0 radical (unpaired) electrons. The number of carbonyl (C=O) groups is 2. The molecule has 1 aromatic heterocycles. The Kier molecular flexibility index (Phi) is 4.57. The summed E-state index contributed by atoms with van der Waals surface area (Å²) in [5.41, 5.74) is 0.912. The Bertz CT molecular complexity index is 790. The van der Waals surface area contributed by atoms with E-state index in [4.69, 9.17) is 11.6 Å². The van der Waals surface area contributed by atoms with Gasteiger partial charge in [0.05, 0.1) is 5.02 Å². The van der Waals surface area contributed by atoms with Crippen LogP contribution in [0.15, 0.2) is 36.5 Å². The molecule has 0 saturated carbocycles. The molecule has 1 fully saturated rings. The summed E-state index contributed by atoms with van der Waals surface area (Å²) in [5.74, 6) is -0.760. The monoisotopic (exact) mass is 349 g/mol. The lowest BCUT2D eigenvalue weighted by molar-refractivity contribution is -0.135. The Labute approximate surface area is 144 Å². The van der Waals surface area contributed by atoms with E-state index < -0.39 is 0 Å². The lowest BCUT2D eigenvalue weighted by Crippen LogP contribution is -2.52. The van der Waals surface area contributed by atoms with Crippen LogP contribution in [0.25, 0.3) is 0 Å². The van der Waals surface area contributed by atoms with Gasteiger partial charge in [-0.2, -0.15) is 0 Å². The van der Waals surface area contributed by atoms with E-state index in [1.807, 2.05) is 0 Å². The highest BCUT2D eigenvalue weighted by Gasteiger charge is 2.29. The Morgan fingerprint density at radius 3 is 2.67 bits per heavy atom. The van der Waals surface area contributed by atoms with Crippen molar-refractivity contribution in [3.8, 4) is 0 Å². The zero-order valence-corrected chi connectivity index (χ0v) is 14.0. The van der Waals surface area contributed by atoms with Crippen molar-refractivity contribution in [1.29, 1.82) is 0 Å². The maximum Gasteiger partial charge on any atom is 0.271 e. The van der Waals surface area contributed by atoms with Crippen molar-refractivity contribution in [2.75, 3.05) is 19.6 Å². The van der Waals surface area contributed by atoms with Crippen molar-refractivity contribution in [3.05, 3.63) is 58.6 Å². The Morgan fingerprint density at radius 1 is 1.29 bits per heavy atom. The Morgan fingerprint density at radius 2 is 2.04 bits per heavy atom. The molecule has 3 rings (SSSR count). The SMILES string of the molecule is Cn1cc(Cl)cc1C(=O)N1CCN(Cc2ccccc2F)C(=O)C1. The lowest BCUT2D eigenvalue weighted by atomic mass is 10.1. The van der Waals surface area contributed by atoms with E-state index in [-0.39, 0.29) is 30.7 Å². The average molecular weight is 350 g/mol. The van der Waals surface area contributed by atoms with Crippen LogP contribution in [-0.4, -0.2) is 45.8 Å². The first-order chi connectivity index (χ1) is 11.5. The number of aryl methyl sites for hydroxylation is 1. The second kappa shape index (κ2) is 6.65. The minimum absolute atomic E-state index is 0.0178. The largest absolute Gasteiger partial charge is 0.345 e. The van der Waals surface area contributed by atoms with Gasteiger partial charge in [-0.05, 0) is 12.1 Å². The predicted molar refractivity (Wildman–Crippen MR) is 88.1 cm³/mol. The zero-order chi connectivity index (χ0) is 17.3. The summed E-state index contributed by atoms with van der Waals surface area (Å²) in [6.07, 6.45) is 1.64. The van der Waals surface area contributed by atoms with Gasteiger partial charge in [0.2, 0.25) is 5.91 Å². The van der Waals surface area contributed by atoms with Crippen LogP contribution in [0.1, 0.15) is 16.1 Å². The summed E-state index contributed by atoms with van der Waals surface area (Å²) in [6, 6.07) is 7.97. The molecule has 7 heteroatoms. The van der Waals surface area contributed by atoms with E-state index in [0.29, 0.717) is 29.4 Å². The topological polar surface area (TPSA) is 45.6 Å². The van der Waals surface area contributed by atoms with Gasteiger partial charge in [-0.1, -0.05) is 29.8 Å². The quantitative estimate of drug-likeness (QED) is 0.853. The van der Waals surface area contributed by atoms with Gasteiger partial charge in [-0.15, -0.1) is 0 Å². The van der Waals surface area contributed by atoms with E-state index in [9.17, 15) is 14.0 Å². The number of rotatable bonds is 3. The third kappa shape index (κ3) is 3.28. The molecular weight excluding hydrogens is 333 g/mol. The first kappa shape index (κ1) is 16.5. The standard InChI is InChI=1S/C17H17ClFN3O2/c1-20-10-13(18)8-15(20)17(24)22-7-6-21(16(23)11-22)9-12-4-2-3-5-14(12)19/h2-5,8,10H,6-7,9,11H2,1H3. The number of amides is 2. The van der Waals surface area contributed by atoms with Crippen LogP contribution >= 0.6 is 11.6 Å². The summed E-state index contributed by atoms with van der Waals surface area (Å²) < 4.78 is 15.4. The molecule has 1 saturated heterocycles. The average Bonchev–Trinajstić information content (AvgIpc) is 2.89. The van der Waals surface area contributed by atoms with Crippen molar-refractivity contribution in [2.24, 2.45) is 7.05 Å². The van der Waals surface area contributed by atoms with Crippen molar-refractivity contribution < 1.29 is 14.0 Å². The minimum Gasteiger partial charge on any atom is -0.345 e. The van der Waals surface area contributed by atoms with Gasteiger partial charge in [-0.25, -0.2) is 4.39 Å². The van der Waals surface area contributed by atoms with Crippen LogP contribution in [0.5, 0.6) is 0 Å². The van der Waals surface area contributed by atoms with Gasteiger partial charge in [0.25, 0.3) is 5.91 Å². The van der Waals surface area contributed by atoms with E-state index in [2.05, 4.69) is 0 Å². The molecule has 0 atom stereocenters. The number of nitrogens with zero attached hydrogens (tertiary/aromatic N) is 3. The van der Waals surface area contributed by atoms with Crippen LogP contribution in [0.2, 0.25) is 5.02 Å². The number of hydrogen-bond donors (Lipinski definition) is 0. The highest BCUT2D eigenvalue weighted by Crippen LogP contribution is 2.17. The number of hydrogen-bond acceptors (Lipinski definition) is 2. The smallest absolute Gasteiger partial charge is 0.271 e. The molecule has 1 aliphatic heterocycles. The minimum atomic E-state index is -0.331. The third-order valence-corrected chi connectivity index (χ3v) is 4.32. The highest BCUT2D eigenvalue weighted by molar-refractivity contribution is 6.31. The maximum atomic E-state index is 13.7. The van der Waals surface area contributed by atoms with E-state index in [0.717, 1.165) is 0 Å². The number of benzene rings is 1. The van der Waals surface area contributed by atoms with Crippen LogP contribution in [0.3, 0.4) is 0 Å². The van der Waals surface area contributed by atoms with Gasteiger partial charge in [-0.3, -0.25) is 9.59 Å². The van der Waals surface area contributed by atoms with Crippen molar-refractivity contribution in [1.82, 2.24) is 14.4 Å². The molecule has 0 spiro atoms. The van der Waals surface area contributed by atoms with Crippen molar-refractivity contribution in [3.63, 3.8) is 0 Å². The predicted octanol–water partition coefficient (Wildman–Crippen LogP) is 2.30. The summed E-state index contributed by atoms with van der Waals surface area (Å²) in [4.78, 5) is 27.9. The molecule has 2 amide bonds. The fourth-order valence-corrected chi connectivity index (χ4v) is 3.03. The van der Waals surface area contributed by atoms with Gasteiger partial charge >= 0.3 is 0 Å². The molecule has 0 aliphatic carbocycles. The van der Waals surface area contributed by atoms with Gasteiger partial charge in [0.1, 0.15) is 18.1 Å². The molecule has 0 bridgehead atoms. The van der Waals surface area contributed by atoms with Crippen LogP contribution in [0.4, 0.5) is 4.39 Å². The van der Waals surface area contributed by atoms with Crippen molar-refractivity contribution in [2.45, 2.75) is 6.54 Å². The number of piperazine rings is 1. The van der Waals surface area contributed by atoms with Crippen LogP contribution in [0, 0.1) is 5.82 Å². The molecule has 2 aromatic rings. The summed E-state index contributed by atoms with van der Waals surface area (Å²) in [6.45, 7) is 0.971. The third-order valence-electron chi connectivity index (χ3n) is 4.12. The second-order valence-corrected chi connectivity index (χ2v) is 6.22. The van der Waals surface area contributed by atoms with E-state index in [1.54, 1.807) is 47.0 Å². The van der Waals surface area contributed by atoms with Gasteiger partial charge in [0, 0.05) is 38.4 Å². The molecular formula is C17H17ClFN3O2. The molecule has 1 aliphatic rings. The summed E-state index contributed by atoms with van der Waals surface area (Å²) in [7, 11) is 1.73. The van der Waals surface area contributed by atoms with Crippen LogP contribution in [-0.2, 0) is 18.4 Å². The lowest BCUT2D eigenvalue weighted by Gasteiger charge is -2.34. The molecule has 5 nitrogen and oxygen atoms in total. The van der Waals surface area contributed by atoms with E-state index >= 15 is 0 Å². The van der Waals surface area contributed by atoms with Gasteiger partial charge in [0.15, 0.2) is 0 Å². The van der Waals surface area contributed by atoms with E-state index in [1.165, 1.54) is 11.0 Å². The maximum absolute atomic E-state index is 13.7. The molecule has 126 valence electrons. The molecule has 2 heterocycles. The summed E-state index contributed by atoms with van der Waals surface area (Å²) >= 11 is 5.90. The Hall–Kier alpha value is -2.34. The fourth-order valence-electron chi connectivity index (χ4n) is 2.78. The number of aromatic nitrogens is 1. The number of halogens is 2. The summed E-state index contributed by atoms with van der Waals surface area (Å²) in [5, 5.41) is 0.477.